The molecule has 1 aromatic heterocycles. The number of nitrogens with one attached hydrogen (secondary N) is 1. The van der Waals surface area contributed by atoms with E-state index in [1.165, 1.54) is 0 Å². The van der Waals surface area contributed by atoms with Crippen LogP contribution in [-0.4, -0.2) is 29.9 Å². The van der Waals surface area contributed by atoms with Crippen LogP contribution in [-0.2, 0) is 10.3 Å². The molecule has 25 heavy (non-hydrogen) atoms. The fraction of sp³-hybridized carbons (Fsp3) is 0.474. The molecular formula is C19H25N3O3. The molecular weight excluding hydrogens is 318 g/mol. The number of aromatic nitrogens is 2. The minimum Gasteiger partial charge on any atom is -0.497 e. The van der Waals surface area contributed by atoms with Crippen molar-refractivity contribution in [3.8, 4) is 11.5 Å². The molecule has 1 amide bonds. The van der Waals surface area contributed by atoms with E-state index in [2.05, 4.69) is 31.2 Å². The van der Waals surface area contributed by atoms with Gasteiger partial charge in [-0.3, -0.25) is 9.48 Å². The lowest BCUT2D eigenvalue weighted by molar-refractivity contribution is -0.117. The van der Waals surface area contributed by atoms with Gasteiger partial charge in [-0.2, -0.15) is 5.10 Å². The number of carbonyl (C=O) groups excluding carboxylic acids is 1. The Morgan fingerprint density at radius 3 is 2.64 bits per heavy atom. The second-order valence-corrected chi connectivity index (χ2v) is 7.39. The van der Waals surface area contributed by atoms with Crippen molar-refractivity contribution in [2.24, 2.45) is 5.92 Å². The third kappa shape index (κ3) is 3.62. The van der Waals surface area contributed by atoms with Gasteiger partial charge < -0.3 is 14.8 Å². The van der Waals surface area contributed by atoms with Crippen LogP contribution in [0.1, 0.15) is 38.7 Å². The molecule has 0 radical (unpaired) electrons. The summed E-state index contributed by atoms with van der Waals surface area (Å²) in [7, 11) is 3.28. The van der Waals surface area contributed by atoms with Crippen LogP contribution in [0.2, 0.25) is 0 Å². The van der Waals surface area contributed by atoms with Crippen LogP contribution in [0.3, 0.4) is 0 Å². The summed E-state index contributed by atoms with van der Waals surface area (Å²) in [6, 6.07) is 5.70. The van der Waals surface area contributed by atoms with Crippen molar-refractivity contribution >= 4 is 11.6 Å². The Bertz CT molecular complexity index is 776. The maximum absolute atomic E-state index is 12.6. The van der Waals surface area contributed by atoms with Crippen LogP contribution in [0, 0.1) is 5.92 Å². The lowest BCUT2D eigenvalue weighted by atomic mass is 10.1. The first-order valence-electron chi connectivity index (χ1n) is 8.41. The SMILES string of the molecule is COc1ccc(OC)c([C@H]2C[C@H]2C(=O)Nc2cnn(C(C)(C)C)c2)c1. The van der Waals surface area contributed by atoms with Gasteiger partial charge in [0.25, 0.3) is 0 Å². The Morgan fingerprint density at radius 1 is 1.28 bits per heavy atom. The molecule has 0 bridgehead atoms. The van der Waals surface area contributed by atoms with E-state index < -0.39 is 0 Å². The highest BCUT2D eigenvalue weighted by molar-refractivity contribution is 5.95. The van der Waals surface area contributed by atoms with Gasteiger partial charge in [0, 0.05) is 23.6 Å². The Hall–Kier alpha value is -2.50. The summed E-state index contributed by atoms with van der Waals surface area (Å²) in [5.41, 5.74) is 1.63. The summed E-state index contributed by atoms with van der Waals surface area (Å²) < 4.78 is 12.6. The van der Waals surface area contributed by atoms with Gasteiger partial charge in [0.15, 0.2) is 0 Å². The molecule has 1 N–H and O–H groups in total. The van der Waals surface area contributed by atoms with Crippen LogP contribution in [0.25, 0.3) is 0 Å². The van der Waals surface area contributed by atoms with Gasteiger partial charge in [-0.15, -0.1) is 0 Å². The number of nitrogens with zero attached hydrogens (tertiary/aromatic N) is 2. The van der Waals surface area contributed by atoms with Gasteiger partial charge in [0.1, 0.15) is 11.5 Å². The van der Waals surface area contributed by atoms with Crippen molar-refractivity contribution in [1.29, 1.82) is 0 Å². The third-order valence-corrected chi connectivity index (χ3v) is 4.50. The van der Waals surface area contributed by atoms with Crippen molar-refractivity contribution in [2.45, 2.75) is 38.6 Å². The van der Waals surface area contributed by atoms with E-state index in [0.29, 0.717) is 0 Å². The van der Waals surface area contributed by atoms with Crippen molar-refractivity contribution in [1.82, 2.24) is 9.78 Å². The maximum atomic E-state index is 12.6. The highest BCUT2D eigenvalue weighted by Gasteiger charge is 2.45. The molecule has 134 valence electrons. The second-order valence-electron chi connectivity index (χ2n) is 7.39. The van der Waals surface area contributed by atoms with Gasteiger partial charge in [0.2, 0.25) is 5.91 Å². The summed E-state index contributed by atoms with van der Waals surface area (Å²) in [4.78, 5) is 12.6. The van der Waals surface area contributed by atoms with Crippen LogP contribution in [0.5, 0.6) is 11.5 Å². The van der Waals surface area contributed by atoms with E-state index in [1.54, 1.807) is 20.4 Å². The molecule has 1 fully saturated rings. The second kappa shape index (κ2) is 6.43. The smallest absolute Gasteiger partial charge is 0.228 e. The number of amides is 1. The van der Waals surface area contributed by atoms with Crippen molar-refractivity contribution < 1.29 is 14.3 Å². The van der Waals surface area contributed by atoms with Gasteiger partial charge in [-0.25, -0.2) is 0 Å². The minimum absolute atomic E-state index is 0.0170. The van der Waals surface area contributed by atoms with Gasteiger partial charge >= 0.3 is 0 Å². The molecule has 2 aromatic rings. The lowest BCUT2D eigenvalue weighted by Gasteiger charge is -2.18. The van der Waals surface area contributed by atoms with Crippen molar-refractivity contribution in [3.63, 3.8) is 0 Å². The minimum atomic E-state index is -0.112. The Balaban J connectivity index is 1.69. The maximum Gasteiger partial charge on any atom is 0.228 e. The van der Waals surface area contributed by atoms with Crippen LogP contribution in [0.15, 0.2) is 30.6 Å². The Labute approximate surface area is 148 Å². The standard InChI is InChI=1S/C19H25N3O3/c1-19(2,3)22-11-12(10-20-22)21-18(23)16-9-14(16)15-8-13(24-4)6-7-17(15)25-5/h6-8,10-11,14,16H,9H2,1-5H3,(H,21,23)/t14-,16-/m1/s1. The Morgan fingerprint density at radius 2 is 2.04 bits per heavy atom. The first kappa shape index (κ1) is 17.3. The number of methoxy groups -OCH3 is 2. The van der Waals surface area contributed by atoms with E-state index in [0.717, 1.165) is 29.2 Å². The molecule has 3 rings (SSSR count). The number of hydrogen-bond acceptors (Lipinski definition) is 4. The molecule has 2 atom stereocenters. The molecule has 1 saturated carbocycles. The molecule has 1 heterocycles. The fourth-order valence-corrected chi connectivity index (χ4v) is 2.95. The van der Waals surface area contributed by atoms with Gasteiger partial charge in [0.05, 0.1) is 31.6 Å². The highest BCUT2D eigenvalue weighted by Crippen LogP contribution is 2.51. The van der Waals surface area contributed by atoms with Crippen molar-refractivity contribution in [3.05, 3.63) is 36.2 Å². The van der Waals surface area contributed by atoms with Gasteiger partial charge in [-0.1, -0.05) is 0 Å². The molecule has 1 aliphatic carbocycles. The molecule has 1 aliphatic rings. The molecule has 0 aliphatic heterocycles. The monoisotopic (exact) mass is 343 g/mol. The molecule has 0 spiro atoms. The van der Waals surface area contributed by atoms with E-state index in [9.17, 15) is 4.79 Å². The summed E-state index contributed by atoms with van der Waals surface area (Å²) in [6.07, 6.45) is 4.36. The summed E-state index contributed by atoms with van der Waals surface area (Å²) in [5, 5.41) is 7.28. The van der Waals surface area contributed by atoms with Crippen molar-refractivity contribution in [2.75, 3.05) is 19.5 Å². The summed E-state index contributed by atoms with van der Waals surface area (Å²) in [6.45, 7) is 6.20. The first-order valence-corrected chi connectivity index (χ1v) is 8.41. The number of benzene rings is 1. The average Bonchev–Trinajstić information content (AvgIpc) is 3.24. The largest absolute Gasteiger partial charge is 0.497 e. The van der Waals surface area contributed by atoms with Gasteiger partial charge in [-0.05, 0) is 45.4 Å². The molecule has 0 saturated heterocycles. The number of hydrogen-bond donors (Lipinski definition) is 1. The van der Waals surface area contributed by atoms with E-state index >= 15 is 0 Å². The number of carbonyl (C=O) groups is 1. The van der Waals surface area contributed by atoms with E-state index in [-0.39, 0.29) is 23.3 Å². The zero-order chi connectivity index (χ0) is 18.2. The molecule has 6 nitrogen and oxygen atoms in total. The zero-order valence-electron chi connectivity index (χ0n) is 15.4. The highest BCUT2D eigenvalue weighted by atomic mass is 16.5. The molecule has 6 heteroatoms. The zero-order valence-corrected chi connectivity index (χ0v) is 15.4. The van der Waals surface area contributed by atoms with Crippen LogP contribution < -0.4 is 14.8 Å². The van der Waals surface area contributed by atoms with E-state index in [4.69, 9.17) is 9.47 Å². The normalized spacial score (nSPS) is 19.4. The number of ether oxygens (including phenoxy) is 2. The predicted octanol–water partition coefficient (Wildman–Crippen LogP) is 3.40. The van der Waals surface area contributed by atoms with E-state index in [1.807, 2.05) is 29.1 Å². The molecule has 0 unspecified atom stereocenters. The quantitative estimate of drug-likeness (QED) is 0.904. The third-order valence-electron chi connectivity index (χ3n) is 4.50. The average molecular weight is 343 g/mol. The lowest BCUT2D eigenvalue weighted by Crippen LogP contribution is -2.22. The molecule has 1 aromatic carbocycles. The summed E-state index contributed by atoms with van der Waals surface area (Å²) >= 11 is 0. The first-order chi connectivity index (χ1) is 11.8. The van der Waals surface area contributed by atoms with Crippen LogP contribution >= 0.6 is 0 Å². The Kier molecular flexibility index (Phi) is 4.45. The topological polar surface area (TPSA) is 65.4 Å². The number of rotatable bonds is 5. The van der Waals surface area contributed by atoms with Crippen LogP contribution in [0.4, 0.5) is 5.69 Å². The predicted molar refractivity (Wildman–Crippen MR) is 96.2 cm³/mol. The summed E-state index contributed by atoms with van der Waals surface area (Å²) in [5.74, 6) is 1.68. The number of anilines is 1. The fourth-order valence-electron chi connectivity index (χ4n) is 2.95.